The fourth-order valence-electron chi connectivity index (χ4n) is 23.2. The summed E-state index contributed by atoms with van der Waals surface area (Å²) in [6, 6.07) is 97.2. The third-order valence-electron chi connectivity index (χ3n) is 26.1. The molecule has 0 unspecified atom stereocenters. The number of nitriles is 4. The Morgan fingerprint density at radius 2 is 0.380 bits per heavy atom. The minimum atomic E-state index is -0.192. The molecule has 12 aliphatic carbocycles. The second kappa shape index (κ2) is 17.0. The molecule has 100 heavy (non-hydrogen) atoms. The monoisotopic (exact) mass is 1260 g/mol. The summed E-state index contributed by atoms with van der Waals surface area (Å²) in [5, 5.41) is 59.2. The first-order valence-corrected chi connectivity index (χ1v) is 35.0. The maximum atomic E-state index is 12.0. The zero-order valence-corrected chi connectivity index (χ0v) is 53.2. The van der Waals surface area contributed by atoms with Crippen molar-refractivity contribution in [3.8, 4) is 24.3 Å². The minimum Gasteiger partial charge on any atom is -0.308 e. The van der Waals surface area contributed by atoms with Crippen molar-refractivity contribution in [2.24, 2.45) is 0 Å². The standard InChI is InChI=1S/C94H46N6/c95-39-43-33-67-83(89-71(43)75-47-17-1-9-25-55(47)79(89)56-26-10-2-18-48(56)75)65-37-63-64(85-87-69(99(67)93(65)85)35-45(41-97)73-77-51-21-5-13-29-59(51)81(91(73)87)60-30-14-6-22-52(60)77)38-66-84-68(34-44(40-96)72-76-49-19-3-11-27-57(49)80(90(72)84)58-28-12-4-20-50(58)76)100-70-36-46(42-98)74-78-53-23-7-15-31-61(53)82(62-32-16-8-24-54(62)78)92(74)88(70)86(63)94(66)100/h1-38,75-82H. The summed E-state index contributed by atoms with van der Waals surface area (Å²) in [6.45, 7) is 0. The number of benzene rings is 14. The van der Waals surface area contributed by atoms with Crippen molar-refractivity contribution >= 4 is 87.0 Å². The molecule has 6 nitrogen and oxygen atoms in total. The van der Waals surface area contributed by atoms with Crippen LogP contribution in [0.3, 0.4) is 0 Å². The average molecular weight is 1260 g/mol. The van der Waals surface area contributed by atoms with Gasteiger partial charge in [-0.25, -0.2) is 0 Å². The summed E-state index contributed by atoms with van der Waals surface area (Å²) >= 11 is 0. The van der Waals surface area contributed by atoms with Gasteiger partial charge in [0, 0.05) is 90.4 Å². The van der Waals surface area contributed by atoms with Crippen LogP contribution in [0.5, 0.6) is 0 Å². The normalized spacial score (nSPS) is 20.2. The van der Waals surface area contributed by atoms with Crippen molar-refractivity contribution in [1.29, 1.82) is 21.0 Å². The van der Waals surface area contributed by atoms with Gasteiger partial charge in [-0.15, -0.1) is 0 Å². The summed E-state index contributed by atoms with van der Waals surface area (Å²) in [7, 11) is 0. The van der Waals surface area contributed by atoms with E-state index < -0.39 is 0 Å². The van der Waals surface area contributed by atoms with Gasteiger partial charge in [-0.2, -0.15) is 21.0 Å². The topological polar surface area (TPSA) is 104 Å². The zero-order valence-electron chi connectivity index (χ0n) is 53.2. The van der Waals surface area contributed by atoms with Crippen LogP contribution in [0.15, 0.2) is 231 Å². The van der Waals surface area contributed by atoms with Crippen molar-refractivity contribution in [2.45, 2.75) is 47.3 Å². The van der Waals surface area contributed by atoms with Crippen LogP contribution in [0.4, 0.5) is 0 Å². The predicted octanol–water partition coefficient (Wildman–Crippen LogP) is 20.6. The second-order valence-electron chi connectivity index (χ2n) is 29.6. The van der Waals surface area contributed by atoms with E-state index in [1.54, 1.807) is 0 Å². The third kappa shape index (κ3) is 5.33. The number of aromatic nitrogens is 2. The molecule has 0 fully saturated rings. The highest BCUT2D eigenvalue weighted by molar-refractivity contribution is 6.41. The number of nitrogens with zero attached hydrogens (tertiary/aromatic N) is 6. The van der Waals surface area contributed by atoms with Crippen LogP contribution in [0, 0.1) is 45.3 Å². The van der Waals surface area contributed by atoms with Gasteiger partial charge in [-0.1, -0.05) is 194 Å². The van der Waals surface area contributed by atoms with Crippen LogP contribution in [-0.2, 0) is 0 Å². The Balaban J connectivity index is 0.940. The summed E-state index contributed by atoms with van der Waals surface area (Å²) in [5.74, 6) is -1.39. The molecule has 0 saturated heterocycles. The molecular weight excluding hydrogens is 1210 g/mol. The molecule has 0 atom stereocenters. The maximum Gasteiger partial charge on any atom is 0.0995 e. The maximum absolute atomic E-state index is 12.0. The average Bonchev–Trinajstić information content (AvgIpc) is 1.46. The van der Waals surface area contributed by atoms with Crippen molar-refractivity contribution in [1.82, 2.24) is 8.80 Å². The Morgan fingerprint density at radius 1 is 0.200 bits per heavy atom. The molecule has 30 rings (SSSR count). The SMILES string of the molecule is N#Cc1cc2c(c3c1C1c4ccccc4C3c3ccccc31)c1cc3c(cc4c5c6c(c(C#N)cc5n5c7cc(C#N)c8c(c7c3c45)C3c4ccccc4C8c4ccccc43)C3c4ccccc4C6c4ccccc43)c3c4c5c(c(C#N)cc4n2c13)C1c2ccccc2C5c2ccccc21. The number of rotatable bonds is 0. The summed E-state index contributed by atoms with van der Waals surface area (Å²) in [4.78, 5) is 0. The molecule has 14 aromatic carbocycles. The Labute approximate surface area is 571 Å². The van der Waals surface area contributed by atoms with Gasteiger partial charge in [0.2, 0.25) is 0 Å². The smallest absolute Gasteiger partial charge is 0.0995 e. The molecule has 0 aliphatic heterocycles. The van der Waals surface area contributed by atoms with E-state index in [-0.39, 0.29) is 47.3 Å². The zero-order chi connectivity index (χ0) is 64.9. The number of fused-ring (bicyclic) bond motifs is 15. The van der Waals surface area contributed by atoms with E-state index in [4.69, 9.17) is 0 Å². The van der Waals surface area contributed by atoms with E-state index in [9.17, 15) is 21.0 Å². The largest absolute Gasteiger partial charge is 0.308 e. The van der Waals surface area contributed by atoms with Crippen molar-refractivity contribution in [3.05, 3.63) is 386 Å². The molecule has 12 aliphatic rings. The van der Waals surface area contributed by atoms with E-state index in [0.717, 1.165) is 109 Å². The van der Waals surface area contributed by atoms with Crippen molar-refractivity contribution in [3.63, 3.8) is 0 Å². The molecule has 452 valence electrons. The molecule has 4 heterocycles. The van der Waals surface area contributed by atoms with Gasteiger partial charge in [0.25, 0.3) is 0 Å². The van der Waals surface area contributed by atoms with E-state index in [0.29, 0.717) is 22.3 Å². The fourth-order valence-corrected chi connectivity index (χ4v) is 23.2. The van der Waals surface area contributed by atoms with Crippen LogP contribution < -0.4 is 0 Å². The first-order valence-electron chi connectivity index (χ1n) is 35.0. The van der Waals surface area contributed by atoms with Crippen molar-refractivity contribution < 1.29 is 0 Å². The van der Waals surface area contributed by atoms with Gasteiger partial charge in [-0.05, 0) is 181 Å². The molecule has 8 bridgehead atoms. The Hall–Kier alpha value is -13.1. The highest BCUT2D eigenvalue weighted by Gasteiger charge is 2.51. The predicted molar refractivity (Wildman–Crippen MR) is 391 cm³/mol. The first-order chi connectivity index (χ1) is 49.6. The van der Waals surface area contributed by atoms with Crippen LogP contribution in [-0.4, -0.2) is 8.80 Å². The lowest BCUT2D eigenvalue weighted by Gasteiger charge is -2.43. The number of hydrogen-bond acceptors (Lipinski definition) is 4. The first kappa shape index (κ1) is 51.2. The Kier molecular flexibility index (Phi) is 8.70. The van der Waals surface area contributed by atoms with E-state index in [2.05, 4.69) is 264 Å². The lowest BCUT2D eigenvalue weighted by atomic mass is 9.59. The molecule has 18 aromatic rings. The quantitative estimate of drug-likeness (QED) is 0.151. The van der Waals surface area contributed by atoms with Gasteiger partial charge in [0.1, 0.15) is 0 Å². The van der Waals surface area contributed by atoms with Crippen LogP contribution >= 0.6 is 0 Å². The molecule has 6 heteroatoms. The second-order valence-corrected chi connectivity index (χ2v) is 29.6. The molecule has 4 aromatic heterocycles. The van der Waals surface area contributed by atoms with Gasteiger partial charge >= 0.3 is 0 Å². The highest BCUT2D eigenvalue weighted by Crippen LogP contribution is 2.67. The lowest BCUT2D eigenvalue weighted by Crippen LogP contribution is -2.29. The molecule has 0 saturated carbocycles. The molecule has 0 spiro atoms. The Bertz CT molecular complexity index is 6720. The van der Waals surface area contributed by atoms with Crippen LogP contribution in [0.25, 0.3) is 87.0 Å². The minimum absolute atomic E-state index is 0.159. The summed E-state index contributed by atoms with van der Waals surface area (Å²) in [6.07, 6.45) is 0. The summed E-state index contributed by atoms with van der Waals surface area (Å²) in [5.41, 5.74) is 38.0. The third-order valence-corrected chi connectivity index (χ3v) is 26.1. The van der Waals surface area contributed by atoms with E-state index in [1.165, 1.54) is 111 Å². The van der Waals surface area contributed by atoms with Crippen LogP contribution in [0.1, 0.15) is 203 Å². The fraction of sp³-hybridized carbons (Fsp3) is 0.0851. The highest BCUT2D eigenvalue weighted by atomic mass is 14.9. The van der Waals surface area contributed by atoms with Gasteiger partial charge in [0.15, 0.2) is 0 Å². The van der Waals surface area contributed by atoms with Gasteiger partial charge < -0.3 is 8.80 Å². The van der Waals surface area contributed by atoms with Gasteiger partial charge in [-0.3, -0.25) is 0 Å². The van der Waals surface area contributed by atoms with E-state index >= 15 is 0 Å². The van der Waals surface area contributed by atoms with Gasteiger partial charge in [0.05, 0.1) is 79.6 Å². The number of hydrogen-bond donors (Lipinski definition) is 0. The van der Waals surface area contributed by atoms with Crippen LogP contribution in [0.2, 0.25) is 0 Å². The molecular formula is C94H46N6. The molecule has 0 N–H and O–H groups in total. The molecule has 0 radical (unpaired) electrons. The Morgan fingerprint density at radius 3 is 0.580 bits per heavy atom. The van der Waals surface area contributed by atoms with Crippen molar-refractivity contribution in [2.75, 3.05) is 0 Å². The van der Waals surface area contributed by atoms with E-state index in [1.807, 2.05) is 0 Å². The summed E-state index contributed by atoms with van der Waals surface area (Å²) < 4.78 is 5.00. The molecule has 0 amide bonds. The lowest BCUT2D eigenvalue weighted by molar-refractivity contribution is 0.758.